The molecule has 0 saturated carbocycles. The number of aliphatic hydroxyl groups is 2. The Morgan fingerprint density at radius 3 is 1.58 bits per heavy atom. The Morgan fingerprint density at radius 2 is 1.15 bits per heavy atom. The molecule has 4 N–H and O–H groups in total. The van der Waals surface area contributed by atoms with Crippen LogP contribution in [0.4, 0.5) is 0 Å². The Labute approximate surface area is 200 Å². The number of hydrogen-bond donors (Lipinski definition) is 4. The predicted molar refractivity (Wildman–Crippen MR) is 136 cm³/mol. The van der Waals surface area contributed by atoms with Crippen molar-refractivity contribution in [3.8, 4) is 11.5 Å². The summed E-state index contributed by atoms with van der Waals surface area (Å²) in [5, 5.41) is 41.2. The quantitative estimate of drug-likeness (QED) is 0.339. The maximum Gasteiger partial charge on any atom is 0.122 e. The lowest BCUT2D eigenvalue weighted by Crippen LogP contribution is -2.18. The van der Waals surface area contributed by atoms with Gasteiger partial charge in [-0.2, -0.15) is 0 Å². The third kappa shape index (κ3) is 6.97. The Balaban J connectivity index is 2.62. The number of phenols is 2. The summed E-state index contributed by atoms with van der Waals surface area (Å²) in [6.45, 7) is 13.0. The molecule has 2 rings (SSSR count). The number of aryl methyl sites for hydroxylation is 2. The molecule has 2 aromatic rings. The second-order valence-corrected chi connectivity index (χ2v) is 11.0. The number of aromatic hydroxyl groups is 2. The second-order valence-electron chi connectivity index (χ2n) is 11.0. The van der Waals surface area contributed by atoms with Crippen molar-refractivity contribution in [2.24, 2.45) is 0 Å². The molecule has 4 nitrogen and oxygen atoms in total. The van der Waals surface area contributed by atoms with Gasteiger partial charge >= 0.3 is 0 Å². The molecule has 33 heavy (non-hydrogen) atoms. The first-order valence-corrected chi connectivity index (χ1v) is 12.4. The maximum atomic E-state index is 11.3. The molecule has 0 heterocycles. The maximum absolute atomic E-state index is 11.3. The predicted octanol–water partition coefficient (Wildman–Crippen LogP) is 5.91. The third-order valence-electron chi connectivity index (χ3n) is 6.54. The smallest absolute Gasteiger partial charge is 0.122 e. The summed E-state index contributed by atoms with van der Waals surface area (Å²) in [5.74, 6) is 0.587. The number of rotatable bonds is 11. The summed E-state index contributed by atoms with van der Waals surface area (Å²) < 4.78 is 0. The van der Waals surface area contributed by atoms with Crippen LogP contribution in [0, 0.1) is 0 Å². The highest BCUT2D eigenvalue weighted by Crippen LogP contribution is 2.41. The van der Waals surface area contributed by atoms with Gasteiger partial charge in [0, 0.05) is 25.2 Å². The van der Waals surface area contributed by atoms with Gasteiger partial charge in [0.2, 0.25) is 0 Å². The van der Waals surface area contributed by atoms with Crippen molar-refractivity contribution >= 4 is 0 Å². The zero-order valence-electron chi connectivity index (χ0n) is 21.5. The fourth-order valence-electron chi connectivity index (χ4n) is 4.70. The summed E-state index contributed by atoms with van der Waals surface area (Å²) in [5.41, 5.74) is 5.20. The zero-order valence-corrected chi connectivity index (χ0v) is 21.5. The average molecular weight is 457 g/mol. The van der Waals surface area contributed by atoms with Crippen LogP contribution >= 0.6 is 0 Å². The second kappa shape index (κ2) is 11.4. The van der Waals surface area contributed by atoms with E-state index in [1.165, 1.54) is 0 Å². The minimum Gasteiger partial charge on any atom is -0.507 e. The van der Waals surface area contributed by atoms with Gasteiger partial charge in [-0.15, -0.1) is 0 Å². The summed E-state index contributed by atoms with van der Waals surface area (Å²) in [6.07, 6.45) is 5.23. The van der Waals surface area contributed by atoms with E-state index in [9.17, 15) is 20.4 Å². The lowest BCUT2D eigenvalue weighted by Gasteiger charge is -2.28. The molecule has 0 aromatic heterocycles. The summed E-state index contributed by atoms with van der Waals surface area (Å²) in [6, 6.07) is 8.16. The standard InChI is InChI=1S/C29H44O4/c1-7-12-29(5,6)25-18-21(11-9-14-31)16-23(27(25)33)19-22-15-20(10-8-13-30)17-24(26(22)32)28(2,3)4/h15-18,30-33H,7-14,19H2,1-6H3. The largest absolute Gasteiger partial charge is 0.507 e. The molecule has 0 aliphatic rings. The van der Waals surface area contributed by atoms with Crippen molar-refractivity contribution < 1.29 is 20.4 Å². The van der Waals surface area contributed by atoms with Crippen LogP contribution in [-0.2, 0) is 30.1 Å². The van der Waals surface area contributed by atoms with Gasteiger partial charge < -0.3 is 20.4 Å². The van der Waals surface area contributed by atoms with Crippen LogP contribution in [0.2, 0.25) is 0 Å². The van der Waals surface area contributed by atoms with Gasteiger partial charge in [0.25, 0.3) is 0 Å². The number of hydrogen-bond acceptors (Lipinski definition) is 4. The van der Waals surface area contributed by atoms with Gasteiger partial charge in [0.05, 0.1) is 0 Å². The Kier molecular flexibility index (Phi) is 9.39. The molecule has 2 aromatic carbocycles. The minimum absolute atomic E-state index is 0.130. The topological polar surface area (TPSA) is 80.9 Å². The SMILES string of the molecule is CCCC(C)(C)c1cc(CCCO)cc(Cc2cc(CCCO)cc(C(C)(C)C)c2O)c1O. The van der Waals surface area contributed by atoms with Gasteiger partial charge in [0.1, 0.15) is 11.5 Å². The van der Waals surface area contributed by atoms with Crippen LogP contribution in [0.3, 0.4) is 0 Å². The van der Waals surface area contributed by atoms with E-state index in [4.69, 9.17) is 0 Å². The lowest BCUT2D eigenvalue weighted by atomic mass is 9.77. The monoisotopic (exact) mass is 456 g/mol. The van der Waals surface area contributed by atoms with Crippen molar-refractivity contribution in [1.29, 1.82) is 0 Å². The van der Waals surface area contributed by atoms with E-state index < -0.39 is 0 Å². The van der Waals surface area contributed by atoms with E-state index in [-0.39, 0.29) is 29.8 Å². The normalized spacial score (nSPS) is 12.4. The molecule has 0 unspecified atom stereocenters. The summed E-state index contributed by atoms with van der Waals surface area (Å²) >= 11 is 0. The molecule has 184 valence electrons. The molecular weight excluding hydrogens is 412 g/mol. The molecule has 0 saturated heterocycles. The van der Waals surface area contributed by atoms with E-state index in [2.05, 4.69) is 47.6 Å². The molecule has 0 amide bonds. The Hall–Kier alpha value is -2.04. The molecule has 0 fully saturated rings. The zero-order chi connectivity index (χ0) is 24.8. The molecule has 4 heteroatoms. The van der Waals surface area contributed by atoms with Crippen LogP contribution in [0.5, 0.6) is 11.5 Å². The van der Waals surface area contributed by atoms with Gasteiger partial charge in [-0.3, -0.25) is 0 Å². The van der Waals surface area contributed by atoms with Crippen LogP contribution in [0.25, 0.3) is 0 Å². The van der Waals surface area contributed by atoms with E-state index >= 15 is 0 Å². The van der Waals surface area contributed by atoms with Crippen molar-refractivity contribution in [3.63, 3.8) is 0 Å². The fourth-order valence-corrected chi connectivity index (χ4v) is 4.70. The van der Waals surface area contributed by atoms with Crippen LogP contribution < -0.4 is 0 Å². The highest BCUT2D eigenvalue weighted by molar-refractivity contribution is 5.53. The van der Waals surface area contributed by atoms with E-state index in [1.807, 2.05) is 18.2 Å². The average Bonchev–Trinajstić information content (AvgIpc) is 2.73. The third-order valence-corrected chi connectivity index (χ3v) is 6.54. The first-order valence-electron chi connectivity index (χ1n) is 12.4. The van der Waals surface area contributed by atoms with Crippen LogP contribution in [0.15, 0.2) is 24.3 Å². The fraction of sp³-hybridized carbons (Fsp3) is 0.586. The van der Waals surface area contributed by atoms with Crippen molar-refractivity contribution in [2.45, 2.75) is 97.3 Å². The number of benzene rings is 2. The van der Waals surface area contributed by atoms with E-state index in [1.54, 1.807) is 0 Å². The first-order chi connectivity index (χ1) is 15.4. The molecule has 0 aliphatic heterocycles. The van der Waals surface area contributed by atoms with Crippen LogP contribution in [-0.4, -0.2) is 33.6 Å². The van der Waals surface area contributed by atoms with E-state index in [0.29, 0.717) is 25.0 Å². The Morgan fingerprint density at radius 1 is 0.697 bits per heavy atom. The highest BCUT2D eigenvalue weighted by atomic mass is 16.3. The molecule has 0 bridgehead atoms. The van der Waals surface area contributed by atoms with Gasteiger partial charge in [0.15, 0.2) is 0 Å². The van der Waals surface area contributed by atoms with Gasteiger partial charge in [-0.1, -0.05) is 72.2 Å². The van der Waals surface area contributed by atoms with Crippen molar-refractivity contribution in [3.05, 3.63) is 57.6 Å². The molecule has 0 spiro atoms. The lowest BCUT2D eigenvalue weighted by molar-refractivity contribution is 0.288. The van der Waals surface area contributed by atoms with Crippen molar-refractivity contribution in [1.82, 2.24) is 0 Å². The molecule has 0 atom stereocenters. The minimum atomic E-state index is -0.229. The summed E-state index contributed by atoms with van der Waals surface area (Å²) in [4.78, 5) is 0. The van der Waals surface area contributed by atoms with Gasteiger partial charge in [-0.05, 0) is 70.8 Å². The van der Waals surface area contributed by atoms with Crippen LogP contribution in [0.1, 0.15) is 101 Å². The van der Waals surface area contributed by atoms with Crippen molar-refractivity contribution in [2.75, 3.05) is 13.2 Å². The van der Waals surface area contributed by atoms with Gasteiger partial charge in [-0.25, -0.2) is 0 Å². The first kappa shape index (κ1) is 27.2. The molecular formula is C29H44O4. The highest BCUT2D eigenvalue weighted by Gasteiger charge is 2.27. The summed E-state index contributed by atoms with van der Waals surface area (Å²) in [7, 11) is 0. The molecule has 0 aliphatic carbocycles. The van der Waals surface area contributed by atoms with E-state index in [0.717, 1.165) is 59.1 Å². The number of aliphatic hydroxyl groups excluding tert-OH is 2. The number of phenolic OH excluding ortho intramolecular Hbond substituents is 2. The molecule has 0 radical (unpaired) electrons. The Bertz CT molecular complexity index is 922.